The van der Waals surface area contributed by atoms with E-state index in [1.54, 1.807) is 0 Å². The monoisotopic (exact) mass is 287 g/mol. The maximum atomic E-state index is 5.90. The third-order valence-electron chi connectivity index (χ3n) is 5.55. The number of hydrazine groups is 1. The van der Waals surface area contributed by atoms with Gasteiger partial charge in [0.1, 0.15) is 0 Å². The standard InChI is InChI=1S/C18H29N3/c19-21-17(12-11-14-6-2-1-3-7-14)16-10-4-8-15-9-5-13-20-18(15)16/h5,9,13-14,16-17,21H,1-4,6-8,10-12,19H2. The van der Waals surface area contributed by atoms with Crippen LogP contribution in [0.25, 0.3) is 0 Å². The van der Waals surface area contributed by atoms with Crippen molar-refractivity contribution in [1.29, 1.82) is 0 Å². The van der Waals surface area contributed by atoms with Crippen molar-refractivity contribution < 1.29 is 0 Å². The van der Waals surface area contributed by atoms with Gasteiger partial charge in [0.2, 0.25) is 0 Å². The molecule has 3 N–H and O–H groups in total. The number of hydrogen-bond donors (Lipinski definition) is 2. The summed E-state index contributed by atoms with van der Waals surface area (Å²) in [7, 11) is 0. The number of nitrogens with zero attached hydrogens (tertiary/aromatic N) is 1. The van der Waals surface area contributed by atoms with Crippen LogP contribution in [0.2, 0.25) is 0 Å². The highest BCUT2D eigenvalue weighted by atomic mass is 15.2. The fourth-order valence-electron chi connectivity index (χ4n) is 4.33. The fourth-order valence-corrected chi connectivity index (χ4v) is 4.33. The van der Waals surface area contributed by atoms with Gasteiger partial charge in [0.25, 0.3) is 0 Å². The van der Waals surface area contributed by atoms with E-state index in [2.05, 4.69) is 22.5 Å². The lowest BCUT2D eigenvalue weighted by atomic mass is 9.78. The molecule has 21 heavy (non-hydrogen) atoms. The molecule has 2 atom stereocenters. The van der Waals surface area contributed by atoms with Crippen molar-refractivity contribution >= 4 is 0 Å². The largest absolute Gasteiger partial charge is 0.271 e. The average Bonchev–Trinajstić information content (AvgIpc) is 2.56. The van der Waals surface area contributed by atoms with E-state index >= 15 is 0 Å². The number of fused-ring (bicyclic) bond motifs is 1. The summed E-state index contributed by atoms with van der Waals surface area (Å²) in [5.74, 6) is 7.33. The molecule has 2 unspecified atom stereocenters. The Morgan fingerprint density at radius 3 is 2.86 bits per heavy atom. The van der Waals surface area contributed by atoms with Gasteiger partial charge in [-0.3, -0.25) is 16.3 Å². The van der Waals surface area contributed by atoms with Crippen LogP contribution in [-0.2, 0) is 6.42 Å². The van der Waals surface area contributed by atoms with Crippen LogP contribution in [0.15, 0.2) is 18.3 Å². The smallest absolute Gasteiger partial charge is 0.0482 e. The summed E-state index contributed by atoms with van der Waals surface area (Å²) in [5.41, 5.74) is 5.85. The Morgan fingerprint density at radius 2 is 2.05 bits per heavy atom. The fraction of sp³-hybridized carbons (Fsp3) is 0.722. The molecule has 0 spiro atoms. The Labute approximate surface area is 128 Å². The number of pyridine rings is 1. The first-order valence-corrected chi connectivity index (χ1v) is 8.78. The number of aromatic nitrogens is 1. The Balaban J connectivity index is 1.63. The first-order chi connectivity index (χ1) is 10.4. The molecule has 1 saturated carbocycles. The van der Waals surface area contributed by atoms with Crippen molar-refractivity contribution in [3.05, 3.63) is 29.6 Å². The molecule has 1 fully saturated rings. The van der Waals surface area contributed by atoms with Crippen LogP contribution in [0.3, 0.4) is 0 Å². The van der Waals surface area contributed by atoms with Crippen molar-refractivity contribution in [3.8, 4) is 0 Å². The SMILES string of the molecule is NNC(CCC1CCCCC1)C1CCCc2cccnc21. The number of nitrogens with two attached hydrogens (primary N) is 1. The van der Waals surface area contributed by atoms with Gasteiger partial charge in [0.05, 0.1) is 0 Å². The molecule has 3 heteroatoms. The van der Waals surface area contributed by atoms with Crippen molar-refractivity contribution in [1.82, 2.24) is 10.4 Å². The Bertz CT molecular complexity index is 440. The summed E-state index contributed by atoms with van der Waals surface area (Å²) < 4.78 is 0. The van der Waals surface area contributed by atoms with Gasteiger partial charge in [0.15, 0.2) is 0 Å². The molecular formula is C18H29N3. The number of hydrogen-bond acceptors (Lipinski definition) is 3. The molecule has 0 radical (unpaired) electrons. The molecule has 2 aliphatic rings. The lowest BCUT2D eigenvalue weighted by Gasteiger charge is -2.32. The van der Waals surface area contributed by atoms with Crippen LogP contribution in [0.4, 0.5) is 0 Å². The Kier molecular flexibility index (Phi) is 5.26. The number of aryl methyl sites for hydroxylation is 1. The highest BCUT2D eigenvalue weighted by Gasteiger charge is 2.29. The van der Waals surface area contributed by atoms with Gasteiger partial charge in [-0.2, -0.15) is 0 Å². The van der Waals surface area contributed by atoms with Gasteiger partial charge in [-0.1, -0.05) is 38.2 Å². The van der Waals surface area contributed by atoms with E-state index < -0.39 is 0 Å². The predicted molar refractivity (Wildman–Crippen MR) is 86.8 cm³/mol. The van der Waals surface area contributed by atoms with Crippen molar-refractivity contribution in [2.24, 2.45) is 11.8 Å². The van der Waals surface area contributed by atoms with Crippen LogP contribution >= 0.6 is 0 Å². The number of rotatable bonds is 5. The van der Waals surface area contributed by atoms with E-state index in [1.807, 2.05) is 6.20 Å². The van der Waals surface area contributed by atoms with Gasteiger partial charge in [-0.05, 0) is 49.7 Å². The zero-order valence-corrected chi connectivity index (χ0v) is 13.1. The third kappa shape index (κ3) is 3.64. The lowest BCUT2D eigenvalue weighted by Crippen LogP contribution is -2.41. The van der Waals surface area contributed by atoms with Gasteiger partial charge in [-0.25, -0.2) is 0 Å². The normalized spacial score (nSPS) is 24.5. The second-order valence-electron chi connectivity index (χ2n) is 6.90. The topological polar surface area (TPSA) is 50.9 Å². The molecule has 0 aromatic carbocycles. The Hall–Kier alpha value is -0.930. The van der Waals surface area contributed by atoms with Gasteiger partial charge in [-0.15, -0.1) is 0 Å². The lowest BCUT2D eigenvalue weighted by molar-refractivity contribution is 0.291. The van der Waals surface area contributed by atoms with E-state index in [-0.39, 0.29) is 0 Å². The summed E-state index contributed by atoms with van der Waals surface area (Å²) in [6.45, 7) is 0. The highest BCUT2D eigenvalue weighted by Crippen LogP contribution is 2.35. The summed E-state index contributed by atoms with van der Waals surface area (Å²) in [6, 6.07) is 4.69. The molecule has 0 amide bonds. The zero-order chi connectivity index (χ0) is 14.5. The molecular weight excluding hydrogens is 258 g/mol. The number of nitrogens with one attached hydrogen (secondary N) is 1. The minimum Gasteiger partial charge on any atom is -0.271 e. The minimum absolute atomic E-state index is 0.390. The summed E-state index contributed by atoms with van der Waals surface area (Å²) in [5, 5.41) is 0. The third-order valence-corrected chi connectivity index (χ3v) is 5.55. The molecule has 116 valence electrons. The van der Waals surface area contributed by atoms with Crippen molar-refractivity contribution in [2.45, 2.75) is 76.2 Å². The molecule has 1 heterocycles. The molecule has 1 aromatic heterocycles. The van der Waals surface area contributed by atoms with Gasteiger partial charge >= 0.3 is 0 Å². The average molecular weight is 287 g/mol. The summed E-state index contributed by atoms with van der Waals surface area (Å²) in [4.78, 5) is 4.67. The van der Waals surface area contributed by atoms with Crippen molar-refractivity contribution in [3.63, 3.8) is 0 Å². The van der Waals surface area contributed by atoms with E-state index in [0.717, 1.165) is 5.92 Å². The van der Waals surface area contributed by atoms with E-state index in [0.29, 0.717) is 12.0 Å². The summed E-state index contributed by atoms with van der Waals surface area (Å²) >= 11 is 0. The van der Waals surface area contributed by atoms with Crippen LogP contribution in [0, 0.1) is 5.92 Å². The van der Waals surface area contributed by atoms with Crippen LogP contribution in [0.1, 0.15) is 75.0 Å². The van der Waals surface area contributed by atoms with Crippen molar-refractivity contribution in [2.75, 3.05) is 0 Å². The molecule has 3 rings (SSSR count). The maximum Gasteiger partial charge on any atom is 0.0482 e. The predicted octanol–water partition coefficient (Wildman–Crippen LogP) is 3.69. The molecule has 0 bridgehead atoms. The first kappa shape index (κ1) is 15.0. The zero-order valence-electron chi connectivity index (χ0n) is 13.1. The van der Waals surface area contributed by atoms with E-state index in [9.17, 15) is 0 Å². The van der Waals surface area contributed by atoms with Crippen LogP contribution in [0.5, 0.6) is 0 Å². The van der Waals surface area contributed by atoms with Crippen LogP contribution < -0.4 is 11.3 Å². The Morgan fingerprint density at radius 1 is 1.19 bits per heavy atom. The maximum absolute atomic E-state index is 5.90. The second kappa shape index (κ2) is 7.37. The first-order valence-electron chi connectivity index (χ1n) is 8.78. The highest BCUT2D eigenvalue weighted by molar-refractivity contribution is 5.27. The quantitative estimate of drug-likeness (QED) is 0.641. The van der Waals surface area contributed by atoms with E-state index in [4.69, 9.17) is 5.84 Å². The van der Waals surface area contributed by atoms with Gasteiger partial charge < -0.3 is 0 Å². The van der Waals surface area contributed by atoms with Crippen LogP contribution in [-0.4, -0.2) is 11.0 Å². The molecule has 2 aliphatic carbocycles. The van der Waals surface area contributed by atoms with Gasteiger partial charge in [0, 0.05) is 23.9 Å². The summed E-state index contributed by atoms with van der Waals surface area (Å²) in [6.07, 6.45) is 15.3. The molecule has 0 aliphatic heterocycles. The second-order valence-corrected chi connectivity index (χ2v) is 6.90. The molecule has 3 nitrogen and oxygen atoms in total. The molecule has 1 aromatic rings. The molecule has 0 saturated heterocycles. The minimum atomic E-state index is 0.390. The van der Waals surface area contributed by atoms with E-state index in [1.165, 1.54) is 75.5 Å².